The van der Waals surface area contributed by atoms with Gasteiger partial charge in [-0.1, -0.05) is 256 Å². The SMILES string of the molecule is CC(C)(C)c1cc(-c2ccccc2)c2c(c1)-c1cccc(c1)-c1ccc3oc4ccc(cc4c3c1)-c1cccc(c1)-c1cc(C(C)(C)C)cc(-c3ccccc3)c1N1c3cc(-n4c5ccccc5c5ccccc54)ccc3B3c4ccc(-n5c6ccccc6c6ccccc65)cc4N2c2cc(C(C)(C)C)cc1c23. The minimum atomic E-state index is -0.359. The number of fused-ring (bicyclic) bond motifs is 26. The normalized spacial score (nSPS) is 13.2. The van der Waals surface area contributed by atoms with Crippen LogP contribution in [-0.2, 0) is 16.2 Å². The maximum absolute atomic E-state index is 6.81. The van der Waals surface area contributed by atoms with Crippen LogP contribution in [0.1, 0.15) is 79.0 Å². The van der Waals surface area contributed by atoms with Crippen LogP contribution in [0.15, 0.2) is 320 Å². The third-order valence-corrected chi connectivity index (χ3v) is 23.6. The molecule has 0 unspecified atom stereocenters. The zero-order chi connectivity index (χ0) is 72.8. The third-order valence-electron chi connectivity index (χ3n) is 23.6. The number of para-hydroxylation sites is 4. The molecule has 0 saturated carbocycles. The molecule has 516 valence electrons. The molecule has 3 aliphatic rings. The highest BCUT2D eigenvalue weighted by Crippen LogP contribution is 2.56. The molecule has 0 fully saturated rings. The molecule has 0 spiro atoms. The minimum Gasteiger partial charge on any atom is -0.456 e. The quantitative estimate of drug-likeness (QED) is 0.165. The van der Waals surface area contributed by atoms with E-state index < -0.39 is 0 Å². The standard InChI is InChI=1S/C102H79BN4O/c1-100(2,3)70-54-79(62-26-12-10-13-27-62)98-81(56-70)68-32-24-30-64(50-68)66-42-48-95-83(52-66)84-53-67(43-49-96(84)108-95)65-31-25-33-69(51-65)82-57-71(101(4,5)6)55-80(63-28-14-11-15-29-63)99(82)107-92-61-74(105-89-40-22-18-36-77(89)78-37-19-23-41-90(78)105)45-47-86(92)103-85-46-44-73(104-87-38-20-16-34-75(87)76-35-17-21-39-88(76)104)60-91(85)106(98)93-58-72(102(7,8)9)59-94(107)97(93)103/h10-61H,1-9H3. The van der Waals surface area contributed by atoms with Crippen molar-refractivity contribution >= 4 is 123 Å². The van der Waals surface area contributed by atoms with Gasteiger partial charge < -0.3 is 23.4 Å². The van der Waals surface area contributed by atoms with Gasteiger partial charge in [0.15, 0.2) is 0 Å². The molecular formula is C102H79BN4O. The second kappa shape index (κ2) is 23.4. The van der Waals surface area contributed by atoms with E-state index in [2.05, 4.69) is 397 Å². The Morgan fingerprint density at radius 1 is 0.250 bits per heavy atom. The number of hydrogen-bond donors (Lipinski definition) is 0. The summed E-state index contributed by atoms with van der Waals surface area (Å²) < 4.78 is 11.8. The number of furan rings is 1. The van der Waals surface area contributed by atoms with Gasteiger partial charge in [-0.2, -0.15) is 0 Å². The lowest BCUT2D eigenvalue weighted by Crippen LogP contribution is -2.61. The second-order valence-electron chi connectivity index (χ2n) is 33.3. The Kier molecular flexibility index (Phi) is 13.8. The first-order chi connectivity index (χ1) is 52.4. The number of benzene rings is 15. The van der Waals surface area contributed by atoms with Crippen molar-refractivity contribution < 1.29 is 4.42 Å². The largest absolute Gasteiger partial charge is 0.456 e. The minimum absolute atomic E-state index is 0.248. The monoisotopic (exact) mass is 1390 g/mol. The summed E-state index contributed by atoms with van der Waals surface area (Å²) in [4.78, 5) is 5.50. The Morgan fingerprint density at radius 2 is 0.574 bits per heavy atom. The fourth-order valence-corrected chi connectivity index (χ4v) is 18.2. The van der Waals surface area contributed by atoms with Crippen molar-refractivity contribution in [2.45, 2.75) is 78.6 Å². The average Bonchev–Trinajstić information content (AvgIpc) is 0.797. The summed E-state index contributed by atoms with van der Waals surface area (Å²) in [6.45, 7) is 21.2. The molecule has 5 nitrogen and oxygen atoms in total. The summed E-state index contributed by atoms with van der Waals surface area (Å²) in [6.07, 6.45) is 0. The molecule has 108 heavy (non-hydrogen) atoms. The summed E-state index contributed by atoms with van der Waals surface area (Å²) in [6, 6.07) is 121. The summed E-state index contributed by atoms with van der Waals surface area (Å²) in [5, 5.41) is 7.06. The molecule has 3 aromatic heterocycles. The Balaban J connectivity index is 0.983. The van der Waals surface area contributed by atoms with Crippen molar-refractivity contribution in [2.75, 3.05) is 9.80 Å². The Bertz CT molecular complexity index is 6320. The number of aromatic nitrogens is 2. The number of anilines is 6. The van der Waals surface area contributed by atoms with Crippen LogP contribution >= 0.6 is 0 Å². The van der Waals surface area contributed by atoms with Crippen LogP contribution in [0.2, 0.25) is 0 Å². The van der Waals surface area contributed by atoms with Crippen molar-refractivity contribution in [1.29, 1.82) is 0 Å². The third kappa shape index (κ3) is 9.78. The summed E-state index contributed by atoms with van der Waals surface area (Å²) >= 11 is 0. The Hall–Kier alpha value is -12.6. The van der Waals surface area contributed by atoms with E-state index in [9.17, 15) is 0 Å². The number of rotatable bonds is 4. The van der Waals surface area contributed by atoms with E-state index in [4.69, 9.17) is 4.42 Å². The molecule has 6 heteroatoms. The first kappa shape index (κ1) is 63.8. The number of nitrogens with zero attached hydrogens (tertiary/aromatic N) is 4. The highest BCUT2D eigenvalue weighted by Gasteiger charge is 2.47. The first-order valence-electron chi connectivity index (χ1n) is 38.1. The molecular weight excluding hydrogens is 1310 g/mol. The summed E-state index contributed by atoms with van der Waals surface area (Å²) in [7, 11) is 0. The van der Waals surface area contributed by atoms with Crippen molar-refractivity contribution in [1.82, 2.24) is 9.13 Å². The molecule has 6 heterocycles. The maximum Gasteiger partial charge on any atom is 0.252 e. The van der Waals surface area contributed by atoms with Gasteiger partial charge in [0.05, 0.1) is 33.4 Å². The second-order valence-corrected chi connectivity index (χ2v) is 33.3. The van der Waals surface area contributed by atoms with Crippen molar-refractivity contribution in [3.63, 3.8) is 0 Å². The predicted octanol–water partition coefficient (Wildman–Crippen LogP) is 26.1. The van der Waals surface area contributed by atoms with Gasteiger partial charge in [-0.3, -0.25) is 0 Å². The molecule has 0 atom stereocenters. The zero-order valence-corrected chi connectivity index (χ0v) is 62.3. The molecule has 3 aliphatic heterocycles. The first-order valence-corrected chi connectivity index (χ1v) is 38.1. The summed E-state index contributed by atoms with van der Waals surface area (Å²) in [5.41, 5.74) is 35.5. The van der Waals surface area contributed by atoms with Crippen LogP contribution in [0, 0.1) is 0 Å². The van der Waals surface area contributed by atoms with Crippen LogP contribution in [0.3, 0.4) is 0 Å². The molecule has 0 aliphatic carbocycles. The van der Waals surface area contributed by atoms with Crippen LogP contribution < -0.4 is 26.2 Å². The fraction of sp³-hybridized carbons (Fsp3) is 0.118. The molecule has 15 aromatic carbocycles. The zero-order valence-electron chi connectivity index (χ0n) is 62.3. The smallest absolute Gasteiger partial charge is 0.252 e. The number of hydrogen-bond acceptors (Lipinski definition) is 3. The highest BCUT2D eigenvalue weighted by molar-refractivity contribution is 7.00. The lowest BCUT2D eigenvalue weighted by Gasteiger charge is -2.47. The molecule has 0 radical (unpaired) electrons. The Labute approximate surface area is 630 Å². The van der Waals surface area contributed by atoms with Crippen molar-refractivity contribution in [3.8, 4) is 78.1 Å². The van der Waals surface area contributed by atoms with Gasteiger partial charge in [-0.25, -0.2) is 0 Å². The fourth-order valence-electron chi connectivity index (χ4n) is 18.2. The van der Waals surface area contributed by atoms with Gasteiger partial charge in [0.25, 0.3) is 6.71 Å². The van der Waals surface area contributed by atoms with E-state index in [-0.39, 0.29) is 23.0 Å². The predicted molar refractivity (Wildman–Crippen MR) is 459 cm³/mol. The molecule has 0 amide bonds. The molecule has 18 aromatic rings. The van der Waals surface area contributed by atoms with E-state index in [1.54, 1.807) is 0 Å². The Morgan fingerprint density at radius 3 is 0.954 bits per heavy atom. The van der Waals surface area contributed by atoms with Gasteiger partial charge in [0.1, 0.15) is 11.2 Å². The lowest BCUT2D eigenvalue weighted by molar-refractivity contribution is 0.590. The van der Waals surface area contributed by atoms with E-state index in [1.807, 2.05) is 0 Å². The van der Waals surface area contributed by atoms with Crippen LogP contribution in [0.25, 0.3) is 144 Å². The van der Waals surface area contributed by atoms with E-state index in [0.717, 1.165) is 156 Å². The van der Waals surface area contributed by atoms with Gasteiger partial charge >= 0.3 is 0 Å². The van der Waals surface area contributed by atoms with Crippen molar-refractivity contribution in [3.05, 3.63) is 332 Å². The molecule has 0 saturated heterocycles. The van der Waals surface area contributed by atoms with E-state index in [0.29, 0.717) is 0 Å². The molecule has 13 bridgehead atoms. The summed E-state index contributed by atoms with van der Waals surface area (Å²) in [5.74, 6) is 0. The van der Waals surface area contributed by atoms with Crippen LogP contribution in [0.4, 0.5) is 34.1 Å². The molecule has 21 rings (SSSR count). The van der Waals surface area contributed by atoms with Crippen LogP contribution in [0.5, 0.6) is 0 Å². The highest BCUT2D eigenvalue weighted by atomic mass is 16.3. The van der Waals surface area contributed by atoms with Gasteiger partial charge in [-0.05, 0) is 215 Å². The average molecular weight is 1390 g/mol. The van der Waals surface area contributed by atoms with Crippen molar-refractivity contribution in [2.24, 2.45) is 0 Å². The van der Waals surface area contributed by atoms with Gasteiger partial charge in [0, 0.05) is 88.7 Å². The maximum atomic E-state index is 6.81. The topological polar surface area (TPSA) is 29.5 Å². The molecule has 0 N–H and O–H groups in total. The van der Waals surface area contributed by atoms with Gasteiger partial charge in [-0.15, -0.1) is 0 Å². The lowest BCUT2D eigenvalue weighted by atomic mass is 9.33. The van der Waals surface area contributed by atoms with E-state index >= 15 is 0 Å². The van der Waals surface area contributed by atoms with E-state index in [1.165, 1.54) is 54.6 Å². The van der Waals surface area contributed by atoms with Crippen LogP contribution in [-0.4, -0.2) is 15.8 Å². The van der Waals surface area contributed by atoms with Gasteiger partial charge in [0.2, 0.25) is 0 Å².